The maximum absolute atomic E-state index is 12.6. The average molecular weight is 381 g/mol. The number of carbonyl (C=O) groups is 2. The summed E-state index contributed by atoms with van der Waals surface area (Å²) in [5, 5.41) is 3.33. The number of ether oxygens (including phenoxy) is 2. The zero-order chi connectivity index (χ0) is 18.7. The molecule has 2 aliphatic heterocycles. The third-order valence-electron chi connectivity index (χ3n) is 4.77. The van der Waals surface area contributed by atoms with Crippen molar-refractivity contribution < 1.29 is 19.1 Å². The summed E-state index contributed by atoms with van der Waals surface area (Å²) in [7, 11) is 0. The molecule has 1 aromatic rings. The lowest BCUT2D eigenvalue weighted by atomic mass is 9.95. The monoisotopic (exact) mass is 380 g/mol. The van der Waals surface area contributed by atoms with E-state index in [4.69, 9.17) is 21.1 Å². The zero-order valence-corrected chi connectivity index (χ0v) is 16.0. The molecular weight excluding hydrogens is 356 g/mol. The van der Waals surface area contributed by atoms with E-state index in [-0.39, 0.29) is 23.7 Å². The second kappa shape index (κ2) is 8.16. The highest BCUT2D eigenvalue weighted by Gasteiger charge is 2.28. The quantitative estimate of drug-likeness (QED) is 0.873. The van der Waals surface area contributed by atoms with Crippen LogP contribution in [0.1, 0.15) is 33.1 Å². The van der Waals surface area contributed by atoms with Gasteiger partial charge in [0.1, 0.15) is 0 Å². The van der Waals surface area contributed by atoms with Gasteiger partial charge in [0.15, 0.2) is 11.5 Å². The molecule has 0 unspecified atom stereocenters. The molecule has 1 fully saturated rings. The van der Waals surface area contributed by atoms with E-state index in [0.717, 1.165) is 6.42 Å². The summed E-state index contributed by atoms with van der Waals surface area (Å²) in [6.45, 7) is 6.18. The first-order chi connectivity index (χ1) is 12.5. The van der Waals surface area contributed by atoms with Gasteiger partial charge in [-0.25, -0.2) is 0 Å². The van der Waals surface area contributed by atoms with Gasteiger partial charge < -0.3 is 19.7 Å². The number of nitrogens with one attached hydrogen (secondary N) is 1. The summed E-state index contributed by atoms with van der Waals surface area (Å²) in [6, 6.07) is 3.40. The molecular formula is C19H25ClN2O4. The molecule has 1 aromatic carbocycles. The molecule has 2 aliphatic rings. The third-order valence-corrected chi connectivity index (χ3v) is 5.08. The number of piperidine rings is 1. The number of amides is 2. The summed E-state index contributed by atoms with van der Waals surface area (Å²) in [6.07, 6.45) is 2.13. The first-order valence-electron chi connectivity index (χ1n) is 9.14. The first-order valence-corrected chi connectivity index (χ1v) is 9.52. The van der Waals surface area contributed by atoms with Crippen molar-refractivity contribution in [2.24, 2.45) is 11.8 Å². The first kappa shape index (κ1) is 18.8. The predicted octanol–water partition coefficient (Wildman–Crippen LogP) is 3.33. The van der Waals surface area contributed by atoms with Crippen molar-refractivity contribution in [2.45, 2.75) is 33.1 Å². The number of rotatable bonds is 3. The standard InChI is InChI=1S/C19H25ClN2O4/c1-12(2)19(24)22-6-4-13(5-7-22)18(23)21-15-11-17-16(10-14(15)20)25-8-3-9-26-17/h10-13H,3-9H2,1-2H3,(H,21,23). The molecule has 0 aliphatic carbocycles. The van der Waals surface area contributed by atoms with Crippen LogP contribution in [0.4, 0.5) is 5.69 Å². The van der Waals surface area contributed by atoms with Gasteiger partial charge in [0.2, 0.25) is 11.8 Å². The van der Waals surface area contributed by atoms with Gasteiger partial charge in [-0.2, -0.15) is 0 Å². The number of benzene rings is 1. The Labute approximate surface area is 158 Å². The topological polar surface area (TPSA) is 67.9 Å². The van der Waals surface area contributed by atoms with Crippen LogP contribution < -0.4 is 14.8 Å². The number of fused-ring (bicyclic) bond motifs is 1. The molecule has 1 N–H and O–H groups in total. The maximum Gasteiger partial charge on any atom is 0.227 e. The van der Waals surface area contributed by atoms with Gasteiger partial charge in [0, 0.05) is 43.5 Å². The van der Waals surface area contributed by atoms with Crippen molar-refractivity contribution in [3.63, 3.8) is 0 Å². The summed E-state index contributed by atoms with van der Waals surface area (Å²) in [4.78, 5) is 26.5. The van der Waals surface area contributed by atoms with Crippen molar-refractivity contribution >= 4 is 29.1 Å². The van der Waals surface area contributed by atoms with E-state index in [1.165, 1.54) is 0 Å². The van der Waals surface area contributed by atoms with Crippen molar-refractivity contribution in [3.8, 4) is 11.5 Å². The predicted molar refractivity (Wildman–Crippen MR) is 99.8 cm³/mol. The van der Waals surface area contributed by atoms with E-state index in [2.05, 4.69) is 5.32 Å². The van der Waals surface area contributed by atoms with Crippen LogP contribution in [0.15, 0.2) is 12.1 Å². The number of halogens is 1. The summed E-state index contributed by atoms with van der Waals surface area (Å²) in [5.41, 5.74) is 0.529. The van der Waals surface area contributed by atoms with Crippen LogP contribution in [-0.2, 0) is 9.59 Å². The van der Waals surface area contributed by atoms with Gasteiger partial charge >= 0.3 is 0 Å². The fourth-order valence-corrected chi connectivity index (χ4v) is 3.44. The molecule has 0 atom stereocenters. The molecule has 2 amide bonds. The van der Waals surface area contributed by atoms with E-state index in [9.17, 15) is 9.59 Å². The highest BCUT2D eigenvalue weighted by molar-refractivity contribution is 6.34. The third kappa shape index (κ3) is 4.23. The fraction of sp³-hybridized carbons (Fsp3) is 0.579. The molecule has 142 valence electrons. The lowest BCUT2D eigenvalue weighted by Gasteiger charge is -2.32. The van der Waals surface area contributed by atoms with Gasteiger partial charge in [-0.1, -0.05) is 25.4 Å². The van der Waals surface area contributed by atoms with Crippen molar-refractivity contribution in [3.05, 3.63) is 17.2 Å². The Morgan fingerprint density at radius 3 is 2.38 bits per heavy atom. The van der Waals surface area contributed by atoms with E-state index in [1.54, 1.807) is 12.1 Å². The Bertz CT molecular complexity index is 684. The van der Waals surface area contributed by atoms with Crippen LogP contribution in [0.5, 0.6) is 11.5 Å². The number of hydrogen-bond donors (Lipinski definition) is 1. The number of anilines is 1. The number of hydrogen-bond acceptors (Lipinski definition) is 4. The smallest absolute Gasteiger partial charge is 0.227 e. The van der Waals surface area contributed by atoms with Gasteiger partial charge in [-0.3, -0.25) is 9.59 Å². The molecule has 0 spiro atoms. The summed E-state index contributed by atoms with van der Waals surface area (Å²) < 4.78 is 11.3. The Morgan fingerprint density at radius 2 is 1.77 bits per heavy atom. The molecule has 2 heterocycles. The minimum Gasteiger partial charge on any atom is -0.490 e. The largest absolute Gasteiger partial charge is 0.490 e. The van der Waals surface area contributed by atoms with E-state index in [0.29, 0.717) is 61.4 Å². The van der Waals surface area contributed by atoms with Crippen molar-refractivity contribution in [1.82, 2.24) is 4.90 Å². The molecule has 26 heavy (non-hydrogen) atoms. The van der Waals surface area contributed by atoms with E-state index in [1.807, 2.05) is 18.7 Å². The van der Waals surface area contributed by atoms with E-state index < -0.39 is 0 Å². The van der Waals surface area contributed by atoms with Gasteiger partial charge in [0.25, 0.3) is 0 Å². The number of likely N-dealkylation sites (tertiary alicyclic amines) is 1. The molecule has 7 heteroatoms. The summed E-state index contributed by atoms with van der Waals surface area (Å²) in [5.74, 6) is 1.14. The average Bonchev–Trinajstić information content (AvgIpc) is 2.86. The highest BCUT2D eigenvalue weighted by Crippen LogP contribution is 2.38. The molecule has 0 aromatic heterocycles. The minimum atomic E-state index is -0.127. The normalized spacial score (nSPS) is 17.8. The lowest BCUT2D eigenvalue weighted by Crippen LogP contribution is -2.43. The van der Waals surface area contributed by atoms with Crippen LogP contribution in [0, 0.1) is 11.8 Å². The Morgan fingerprint density at radius 1 is 1.15 bits per heavy atom. The molecule has 0 radical (unpaired) electrons. The molecule has 3 rings (SSSR count). The van der Waals surface area contributed by atoms with Crippen LogP contribution in [0.25, 0.3) is 0 Å². The van der Waals surface area contributed by atoms with Crippen molar-refractivity contribution in [2.75, 3.05) is 31.6 Å². The van der Waals surface area contributed by atoms with Crippen LogP contribution in [-0.4, -0.2) is 43.0 Å². The molecule has 0 saturated carbocycles. The van der Waals surface area contributed by atoms with E-state index >= 15 is 0 Å². The van der Waals surface area contributed by atoms with Crippen molar-refractivity contribution in [1.29, 1.82) is 0 Å². The second-order valence-electron chi connectivity index (χ2n) is 7.07. The lowest BCUT2D eigenvalue weighted by molar-refractivity contribution is -0.137. The zero-order valence-electron chi connectivity index (χ0n) is 15.2. The Balaban J connectivity index is 1.62. The van der Waals surface area contributed by atoms with Crippen LogP contribution in [0.2, 0.25) is 5.02 Å². The van der Waals surface area contributed by atoms with Gasteiger partial charge in [-0.05, 0) is 12.8 Å². The van der Waals surface area contributed by atoms with Gasteiger partial charge in [0.05, 0.1) is 23.9 Å². The molecule has 0 bridgehead atoms. The maximum atomic E-state index is 12.6. The highest BCUT2D eigenvalue weighted by atomic mass is 35.5. The van der Waals surface area contributed by atoms with Gasteiger partial charge in [-0.15, -0.1) is 0 Å². The minimum absolute atomic E-state index is 0.0130. The summed E-state index contributed by atoms with van der Waals surface area (Å²) >= 11 is 6.29. The number of carbonyl (C=O) groups excluding carboxylic acids is 2. The Kier molecular flexibility index (Phi) is 5.91. The Hall–Kier alpha value is -1.95. The molecule has 1 saturated heterocycles. The number of nitrogens with zero attached hydrogens (tertiary/aromatic N) is 1. The second-order valence-corrected chi connectivity index (χ2v) is 7.48. The van der Waals surface area contributed by atoms with Crippen LogP contribution >= 0.6 is 11.6 Å². The van der Waals surface area contributed by atoms with Crippen LogP contribution in [0.3, 0.4) is 0 Å². The molecule has 6 nitrogen and oxygen atoms in total. The fourth-order valence-electron chi connectivity index (χ4n) is 3.24. The SMILES string of the molecule is CC(C)C(=O)N1CCC(C(=O)Nc2cc3c(cc2Cl)OCCCO3)CC1.